The van der Waals surface area contributed by atoms with Crippen LogP contribution < -0.4 is 11.1 Å². The lowest BCUT2D eigenvalue weighted by Gasteiger charge is -2.33. The minimum absolute atomic E-state index is 0.0119. The van der Waals surface area contributed by atoms with Gasteiger partial charge in [-0.05, 0) is 39.5 Å². The molecule has 1 amide bonds. The van der Waals surface area contributed by atoms with Gasteiger partial charge in [0.25, 0.3) is 17.0 Å². The average Bonchev–Trinajstić information content (AvgIpc) is 2.70. The summed E-state index contributed by atoms with van der Waals surface area (Å²) in [5.41, 5.74) is 0.158. The average molecular weight is 466 g/mol. The number of carbonyl (C=O) groups is 1. The number of likely N-dealkylation sites (N-methyl/N-ethyl adjacent to an activating group) is 1. The summed E-state index contributed by atoms with van der Waals surface area (Å²) >= 11 is 3.08. The van der Waals surface area contributed by atoms with Gasteiger partial charge in [0.05, 0.1) is 34.7 Å². The van der Waals surface area contributed by atoms with E-state index in [1.165, 1.54) is 24.2 Å². The molecule has 0 bridgehead atoms. The molecular weight excluding hydrogens is 452 g/mol. The van der Waals surface area contributed by atoms with E-state index in [2.05, 4.69) is 25.9 Å². The molecule has 4 rings (SSSR count). The molecular formula is C19H14BrF2N3O4. The normalized spacial score (nSPS) is 15.9. The maximum atomic E-state index is 13.9. The van der Waals surface area contributed by atoms with Crippen molar-refractivity contribution in [2.24, 2.45) is 0 Å². The van der Waals surface area contributed by atoms with Crippen LogP contribution in [0.5, 0.6) is 0 Å². The van der Waals surface area contributed by atoms with Crippen LogP contribution in [0.15, 0.2) is 38.5 Å². The van der Waals surface area contributed by atoms with Crippen molar-refractivity contribution in [1.82, 2.24) is 14.9 Å². The van der Waals surface area contributed by atoms with Crippen LogP contribution in [0.4, 0.5) is 8.78 Å². The first-order chi connectivity index (χ1) is 13.8. The van der Waals surface area contributed by atoms with Crippen molar-refractivity contribution in [3.05, 3.63) is 78.0 Å². The van der Waals surface area contributed by atoms with E-state index in [0.717, 1.165) is 12.1 Å². The molecule has 1 atom stereocenters. The molecule has 1 aliphatic rings. The van der Waals surface area contributed by atoms with Crippen LogP contribution in [-0.2, 0) is 11.3 Å². The van der Waals surface area contributed by atoms with E-state index in [0.29, 0.717) is 11.3 Å². The van der Waals surface area contributed by atoms with Crippen LogP contribution in [0.1, 0.15) is 27.7 Å². The number of halogens is 3. The van der Waals surface area contributed by atoms with Crippen molar-refractivity contribution in [3.8, 4) is 0 Å². The Kier molecular flexibility index (Phi) is 4.83. The van der Waals surface area contributed by atoms with Crippen LogP contribution >= 0.6 is 15.9 Å². The van der Waals surface area contributed by atoms with Crippen molar-refractivity contribution in [2.75, 3.05) is 13.7 Å². The fourth-order valence-electron chi connectivity index (χ4n) is 3.47. The zero-order valence-corrected chi connectivity index (χ0v) is 16.6. The number of aromatic amines is 2. The third-order valence-corrected chi connectivity index (χ3v) is 5.52. The third-order valence-electron chi connectivity index (χ3n) is 4.93. The Morgan fingerprint density at radius 2 is 1.86 bits per heavy atom. The van der Waals surface area contributed by atoms with Crippen LogP contribution in [-0.4, -0.2) is 34.4 Å². The number of rotatable bonds is 2. The van der Waals surface area contributed by atoms with Gasteiger partial charge in [0.15, 0.2) is 11.6 Å². The topological polar surface area (TPSA) is 95.3 Å². The molecule has 0 aliphatic carbocycles. The molecule has 1 aromatic carbocycles. The summed E-state index contributed by atoms with van der Waals surface area (Å²) in [5.74, 6) is -2.64. The van der Waals surface area contributed by atoms with E-state index in [1.54, 1.807) is 0 Å². The van der Waals surface area contributed by atoms with Gasteiger partial charge < -0.3 is 19.6 Å². The fraction of sp³-hybridized carbons (Fsp3) is 0.211. The quantitative estimate of drug-likeness (QED) is 0.607. The molecule has 3 aromatic rings. The van der Waals surface area contributed by atoms with E-state index < -0.39 is 29.1 Å². The lowest BCUT2D eigenvalue weighted by Crippen LogP contribution is -2.37. The number of nitrogens with one attached hydrogen (secondary N) is 2. The van der Waals surface area contributed by atoms with Gasteiger partial charge in [0, 0.05) is 24.5 Å². The van der Waals surface area contributed by atoms with Gasteiger partial charge in [-0.2, -0.15) is 0 Å². The molecule has 10 heteroatoms. The Morgan fingerprint density at radius 3 is 2.55 bits per heavy atom. The minimum Gasteiger partial charge on any atom is -0.373 e. The van der Waals surface area contributed by atoms with E-state index in [1.807, 2.05) is 0 Å². The molecule has 0 unspecified atom stereocenters. The van der Waals surface area contributed by atoms with Crippen molar-refractivity contribution in [1.29, 1.82) is 0 Å². The summed E-state index contributed by atoms with van der Waals surface area (Å²) < 4.78 is 33.3. The molecule has 3 heterocycles. The molecule has 2 N–H and O–H groups in total. The fourth-order valence-corrected chi connectivity index (χ4v) is 3.83. The number of ether oxygens (including phenoxy) is 1. The van der Waals surface area contributed by atoms with Crippen LogP contribution in [0.3, 0.4) is 0 Å². The van der Waals surface area contributed by atoms with Gasteiger partial charge in [-0.15, -0.1) is 0 Å². The number of benzene rings is 1. The highest BCUT2D eigenvalue weighted by Gasteiger charge is 2.31. The highest BCUT2D eigenvalue weighted by atomic mass is 79.9. The number of amides is 1. The van der Waals surface area contributed by atoms with Crippen LogP contribution in [0.2, 0.25) is 0 Å². The van der Waals surface area contributed by atoms with Crippen molar-refractivity contribution in [3.63, 3.8) is 0 Å². The number of H-pyrrole nitrogens is 2. The van der Waals surface area contributed by atoms with Gasteiger partial charge in [0.1, 0.15) is 0 Å². The summed E-state index contributed by atoms with van der Waals surface area (Å²) in [4.78, 5) is 43.2. The molecule has 29 heavy (non-hydrogen) atoms. The van der Waals surface area contributed by atoms with E-state index >= 15 is 0 Å². The number of hydrogen-bond donors (Lipinski definition) is 2. The summed E-state index contributed by atoms with van der Waals surface area (Å²) in [6.07, 6.45) is 1.29. The van der Waals surface area contributed by atoms with E-state index in [-0.39, 0.29) is 39.6 Å². The molecule has 1 aliphatic heterocycles. The maximum absolute atomic E-state index is 13.9. The number of fused-ring (bicyclic) bond motifs is 3. The van der Waals surface area contributed by atoms with Gasteiger partial charge in [0.2, 0.25) is 0 Å². The van der Waals surface area contributed by atoms with E-state index in [9.17, 15) is 23.2 Å². The Hall–Kier alpha value is -2.85. The Morgan fingerprint density at radius 1 is 1.17 bits per heavy atom. The van der Waals surface area contributed by atoms with E-state index in [4.69, 9.17) is 4.74 Å². The monoisotopic (exact) mass is 465 g/mol. The highest BCUT2D eigenvalue weighted by Crippen LogP contribution is 2.34. The molecule has 150 valence electrons. The number of pyridine rings is 2. The second-order valence-corrected chi connectivity index (χ2v) is 7.52. The zero-order valence-electron chi connectivity index (χ0n) is 15.0. The van der Waals surface area contributed by atoms with Crippen LogP contribution in [0, 0.1) is 11.6 Å². The second-order valence-electron chi connectivity index (χ2n) is 6.67. The lowest BCUT2D eigenvalue weighted by molar-refractivity contribution is 0.0335. The van der Waals surface area contributed by atoms with Gasteiger partial charge in [-0.1, -0.05) is 0 Å². The Labute approximate surface area is 170 Å². The first-order valence-corrected chi connectivity index (χ1v) is 9.34. The number of hydrogen-bond acceptors (Lipinski definition) is 4. The molecule has 0 fully saturated rings. The first kappa shape index (κ1) is 19.5. The smallest absolute Gasteiger partial charge is 0.262 e. The highest BCUT2D eigenvalue weighted by molar-refractivity contribution is 9.10. The molecule has 0 radical (unpaired) electrons. The largest absolute Gasteiger partial charge is 0.373 e. The standard InChI is InChI=1S/C19H14BrF2N3O4/c1-25(19(28)8-2-11(20)18(27)23-5-8)15-7-29-6-14-16(15)9-3-12(21)13(22)4-10(9)17(26)24-14/h2-5,15H,6-7H2,1H3,(H,23,27)(H,24,26)/t15-/m1/s1. The predicted octanol–water partition coefficient (Wildman–Crippen LogP) is 2.60. The lowest BCUT2D eigenvalue weighted by atomic mass is 9.95. The summed E-state index contributed by atoms with van der Waals surface area (Å²) in [6, 6.07) is 2.53. The van der Waals surface area contributed by atoms with Gasteiger partial charge in [-0.3, -0.25) is 14.4 Å². The molecule has 0 saturated heterocycles. The second kappa shape index (κ2) is 7.20. The van der Waals surface area contributed by atoms with Crippen molar-refractivity contribution >= 4 is 32.6 Å². The SMILES string of the molecule is CN(C(=O)c1c[nH]c(=O)c(Br)c1)[C@@H]1COCc2[nH]c(=O)c3cc(F)c(F)cc3c21. The Balaban J connectivity index is 1.85. The van der Waals surface area contributed by atoms with Crippen molar-refractivity contribution < 1.29 is 18.3 Å². The van der Waals surface area contributed by atoms with Gasteiger partial charge >= 0.3 is 0 Å². The number of carbonyl (C=O) groups excluding carboxylic acids is 1. The minimum atomic E-state index is -1.13. The third kappa shape index (κ3) is 3.28. The molecule has 7 nitrogen and oxygen atoms in total. The summed E-state index contributed by atoms with van der Waals surface area (Å²) in [5, 5.41) is 0.209. The molecule has 2 aromatic heterocycles. The number of nitrogens with zero attached hydrogens (tertiary/aromatic N) is 1. The molecule has 0 saturated carbocycles. The van der Waals surface area contributed by atoms with Gasteiger partial charge in [-0.25, -0.2) is 8.78 Å². The van der Waals surface area contributed by atoms with Crippen LogP contribution in [0.25, 0.3) is 10.8 Å². The first-order valence-electron chi connectivity index (χ1n) is 8.55. The predicted molar refractivity (Wildman–Crippen MR) is 104 cm³/mol. The Bertz CT molecular complexity index is 1270. The summed E-state index contributed by atoms with van der Waals surface area (Å²) in [6.45, 7) is 0.169. The van der Waals surface area contributed by atoms with Crippen molar-refractivity contribution in [2.45, 2.75) is 12.6 Å². The number of aromatic nitrogens is 2. The molecule has 0 spiro atoms. The zero-order chi connectivity index (χ0) is 20.9. The maximum Gasteiger partial charge on any atom is 0.262 e. The summed E-state index contributed by atoms with van der Waals surface area (Å²) in [7, 11) is 1.53.